The van der Waals surface area contributed by atoms with Gasteiger partial charge in [0.1, 0.15) is 5.82 Å². The average molecular weight is 324 g/mol. The normalized spacial score (nSPS) is 10.7. The van der Waals surface area contributed by atoms with Gasteiger partial charge in [-0.15, -0.1) is 5.10 Å². The van der Waals surface area contributed by atoms with Gasteiger partial charge in [0.25, 0.3) is 0 Å². The second kappa shape index (κ2) is 4.15. The number of nitrogens with one attached hydrogen (secondary N) is 1. The van der Waals surface area contributed by atoms with E-state index in [2.05, 4.69) is 26.1 Å². The van der Waals surface area contributed by atoms with Gasteiger partial charge < -0.3 is 5.73 Å². The molecule has 1 heterocycles. The number of nitrogen functional groups attached to an aromatic ring is 1. The number of nitrogens with two attached hydrogens (primary N) is 1. The van der Waals surface area contributed by atoms with E-state index in [1.54, 1.807) is 0 Å². The molecular weight excluding hydrogens is 319 g/mol. The lowest BCUT2D eigenvalue weighted by molar-refractivity contribution is 0.626. The molecule has 0 aliphatic rings. The summed E-state index contributed by atoms with van der Waals surface area (Å²) in [7, 11) is 0. The van der Waals surface area contributed by atoms with Gasteiger partial charge in [-0.1, -0.05) is 11.6 Å². The number of aromatic nitrogens is 3. The van der Waals surface area contributed by atoms with Crippen LogP contribution in [0.5, 0.6) is 0 Å². The summed E-state index contributed by atoms with van der Waals surface area (Å²) >= 11 is 14.1. The third-order valence-electron chi connectivity index (χ3n) is 1.90. The van der Waals surface area contributed by atoms with Gasteiger partial charge >= 0.3 is 0 Å². The van der Waals surface area contributed by atoms with Gasteiger partial charge in [0.05, 0.1) is 10.7 Å². The molecule has 16 heavy (non-hydrogen) atoms. The van der Waals surface area contributed by atoms with Gasteiger partial charge in [0, 0.05) is 4.47 Å². The number of nitrogens with zero attached hydrogens (tertiary/aromatic N) is 2. The lowest BCUT2D eigenvalue weighted by Gasteiger charge is -2.08. The molecule has 2 aromatic rings. The van der Waals surface area contributed by atoms with Crippen LogP contribution < -0.4 is 5.73 Å². The van der Waals surface area contributed by atoms with E-state index in [0.29, 0.717) is 10.2 Å². The molecule has 1 aromatic heterocycles. The standard InChI is InChI=1S/C8H5BrClFN4S/c9-4-1-3(11)2-5(10)6(4)15-7(12)13-14-8(15)16/h1-2H,(H2,12,13)(H,14,16). The minimum atomic E-state index is -0.450. The van der Waals surface area contributed by atoms with E-state index < -0.39 is 5.82 Å². The molecule has 0 amide bonds. The van der Waals surface area contributed by atoms with Crippen molar-refractivity contribution in [2.24, 2.45) is 0 Å². The summed E-state index contributed by atoms with van der Waals surface area (Å²) in [5.74, 6) is -0.298. The molecule has 0 spiro atoms. The number of H-pyrrole nitrogens is 1. The van der Waals surface area contributed by atoms with E-state index >= 15 is 0 Å². The van der Waals surface area contributed by atoms with E-state index in [0.717, 1.165) is 0 Å². The Morgan fingerprint density at radius 2 is 2.25 bits per heavy atom. The number of hydrogen-bond donors (Lipinski definition) is 2. The summed E-state index contributed by atoms with van der Waals surface area (Å²) in [6, 6.07) is 2.45. The highest BCUT2D eigenvalue weighted by Gasteiger charge is 2.14. The number of benzene rings is 1. The van der Waals surface area contributed by atoms with Crippen molar-refractivity contribution < 1.29 is 4.39 Å². The Bertz CT molecular complexity index is 585. The van der Waals surface area contributed by atoms with Crippen molar-refractivity contribution in [3.63, 3.8) is 0 Å². The average Bonchev–Trinajstić information content (AvgIpc) is 2.47. The molecule has 0 atom stereocenters. The first-order valence-corrected chi connectivity index (χ1v) is 5.66. The van der Waals surface area contributed by atoms with Crippen LogP contribution in [0.3, 0.4) is 0 Å². The van der Waals surface area contributed by atoms with Crippen LogP contribution in [0, 0.1) is 10.6 Å². The lowest BCUT2D eigenvalue weighted by atomic mass is 10.3. The quantitative estimate of drug-likeness (QED) is 0.793. The van der Waals surface area contributed by atoms with Crippen LogP contribution in [0.25, 0.3) is 5.69 Å². The zero-order valence-corrected chi connectivity index (χ0v) is 10.8. The Morgan fingerprint density at radius 1 is 1.56 bits per heavy atom. The highest BCUT2D eigenvalue weighted by Crippen LogP contribution is 2.31. The Balaban J connectivity index is 2.79. The Morgan fingerprint density at radius 3 is 2.75 bits per heavy atom. The van der Waals surface area contributed by atoms with Gasteiger partial charge in [-0.25, -0.2) is 9.49 Å². The van der Waals surface area contributed by atoms with Gasteiger partial charge in [-0.3, -0.25) is 4.57 Å². The molecule has 0 aliphatic heterocycles. The monoisotopic (exact) mass is 322 g/mol. The minimum Gasteiger partial charge on any atom is -0.368 e. The third-order valence-corrected chi connectivity index (χ3v) is 3.07. The number of anilines is 1. The van der Waals surface area contributed by atoms with Crippen molar-refractivity contribution in [3.8, 4) is 5.69 Å². The van der Waals surface area contributed by atoms with Crippen LogP contribution in [0.2, 0.25) is 5.02 Å². The highest BCUT2D eigenvalue weighted by atomic mass is 79.9. The second-order valence-electron chi connectivity index (χ2n) is 2.94. The van der Waals surface area contributed by atoms with Gasteiger partial charge in [0.15, 0.2) is 0 Å². The summed E-state index contributed by atoms with van der Waals surface area (Å²) in [6.07, 6.45) is 0. The fourth-order valence-corrected chi connectivity index (χ4v) is 2.52. The number of rotatable bonds is 1. The minimum absolute atomic E-state index is 0.152. The van der Waals surface area contributed by atoms with Crippen LogP contribution in [-0.2, 0) is 0 Å². The Kier molecular flexibility index (Phi) is 3.00. The Hall–Kier alpha value is -0.920. The molecule has 2 rings (SSSR count). The molecule has 4 nitrogen and oxygen atoms in total. The molecule has 8 heteroatoms. The molecule has 3 N–H and O–H groups in total. The predicted octanol–water partition coefficient (Wildman–Crippen LogP) is 3.07. The van der Waals surface area contributed by atoms with Gasteiger partial charge in [0.2, 0.25) is 10.7 Å². The molecule has 0 unspecified atom stereocenters. The first-order valence-electron chi connectivity index (χ1n) is 4.08. The summed E-state index contributed by atoms with van der Waals surface area (Å²) in [5.41, 5.74) is 6.09. The molecule has 0 saturated carbocycles. The highest BCUT2D eigenvalue weighted by molar-refractivity contribution is 9.10. The lowest BCUT2D eigenvalue weighted by Crippen LogP contribution is -2.03. The van der Waals surface area contributed by atoms with Crippen LogP contribution in [0.1, 0.15) is 0 Å². The van der Waals surface area contributed by atoms with E-state index in [9.17, 15) is 4.39 Å². The predicted molar refractivity (Wildman–Crippen MR) is 65.8 cm³/mol. The molecule has 0 aliphatic carbocycles. The smallest absolute Gasteiger partial charge is 0.225 e. The maximum Gasteiger partial charge on any atom is 0.225 e. The molecule has 84 valence electrons. The fraction of sp³-hybridized carbons (Fsp3) is 0. The van der Waals surface area contributed by atoms with Crippen molar-refractivity contribution in [2.45, 2.75) is 0 Å². The summed E-state index contributed by atoms with van der Waals surface area (Å²) in [4.78, 5) is 0. The van der Waals surface area contributed by atoms with E-state index in [1.807, 2.05) is 0 Å². The number of hydrogen-bond acceptors (Lipinski definition) is 3. The van der Waals surface area contributed by atoms with Gasteiger partial charge in [-0.2, -0.15) is 0 Å². The summed E-state index contributed by atoms with van der Waals surface area (Å²) < 4.78 is 15.2. The topological polar surface area (TPSA) is 59.6 Å². The van der Waals surface area contributed by atoms with Crippen LogP contribution >= 0.6 is 39.7 Å². The third kappa shape index (κ3) is 1.85. The SMILES string of the molecule is Nc1n[nH]c(=S)n1-c1c(Cl)cc(F)cc1Br. The van der Waals surface area contributed by atoms with Crippen molar-refractivity contribution >= 4 is 45.7 Å². The van der Waals surface area contributed by atoms with Crippen molar-refractivity contribution in [3.05, 3.63) is 32.2 Å². The van der Waals surface area contributed by atoms with Crippen molar-refractivity contribution in [1.29, 1.82) is 0 Å². The maximum absolute atomic E-state index is 13.0. The van der Waals surface area contributed by atoms with Gasteiger partial charge in [-0.05, 0) is 40.3 Å². The molecule has 0 radical (unpaired) electrons. The fourth-order valence-electron chi connectivity index (χ4n) is 1.27. The zero-order chi connectivity index (χ0) is 11.9. The second-order valence-corrected chi connectivity index (χ2v) is 4.59. The molecule has 0 fully saturated rings. The van der Waals surface area contributed by atoms with E-state index in [4.69, 9.17) is 29.6 Å². The Labute approximate surface area is 108 Å². The van der Waals surface area contributed by atoms with Crippen LogP contribution in [0.15, 0.2) is 16.6 Å². The first-order chi connectivity index (χ1) is 7.50. The van der Waals surface area contributed by atoms with Crippen LogP contribution in [-0.4, -0.2) is 14.8 Å². The maximum atomic E-state index is 13.0. The molecule has 1 aromatic carbocycles. The number of halogens is 3. The zero-order valence-electron chi connectivity index (χ0n) is 7.67. The largest absolute Gasteiger partial charge is 0.368 e. The van der Waals surface area contributed by atoms with E-state index in [1.165, 1.54) is 16.7 Å². The van der Waals surface area contributed by atoms with Crippen molar-refractivity contribution in [2.75, 3.05) is 5.73 Å². The van der Waals surface area contributed by atoms with Crippen LogP contribution in [0.4, 0.5) is 10.3 Å². The first kappa shape index (κ1) is 11.6. The number of aromatic amines is 1. The summed E-state index contributed by atoms with van der Waals surface area (Å²) in [6.45, 7) is 0. The van der Waals surface area contributed by atoms with Crippen molar-refractivity contribution in [1.82, 2.24) is 14.8 Å². The van der Waals surface area contributed by atoms with E-state index in [-0.39, 0.29) is 15.7 Å². The summed E-state index contributed by atoms with van der Waals surface area (Å²) in [5, 5.41) is 6.46. The molecular formula is C8H5BrClFN4S. The molecule has 0 bridgehead atoms. The molecule has 0 saturated heterocycles.